The molecule has 0 amide bonds. The Morgan fingerprint density at radius 1 is 1.33 bits per heavy atom. The summed E-state index contributed by atoms with van der Waals surface area (Å²) >= 11 is 10.8. The van der Waals surface area contributed by atoms with E-state index in [1.165, 1.54) is 6.20 Å². The van der Waals surface area contributed by atoms with Gasteiger partial charge in [-0.3, -0.25) is 0 Å². The lowest BCUT2D eigenvalue weighted by atomic mass is 10.2. The van der Waals surface area contributed by atoms with Crippen LogP contribution in [0.4, 0.5) is 11.5 Å². The summed E-state index contributed by atoms with van der Waals surface area (Å²) in [4.78, 5) is 8.48. The molecule has 18 heavy (non-hydrogen) atoms. The average Bonchev–Trinajstić information content (AvgIpc) is 2.34. The minimum atomic E-state index is 0.229. The van der Waals surface area contributed by atoms with Crippen LogP contribution in [0.3, 0.4) is 0 Å². The van der Waals surface area contributed by atoms with Crippen molar-refractivity contribution in [3.8, 4) is 0 Å². The second-order valence-corrected chi connectivity index (χ2v) is 4.59. The van der Waals surface area contributed by atoms with Crippen LogP contribution in [0.25, 0.3) is 0 Å². The highest BCUT2D eigenvalue weighted by molar-refractivity contribution is 7.80. The second kappa shape index (κ2) is 5.29. The van der Waals surface area contributed by atoms with E-state index in [1.54, 1.807) is 6.20 Å². The van der Waals surface area contributed by atoms with Gasteiger partial charge in [-0.05, 0) is 24.6 Å². The molecular weight excluding hydrogens is 268 g/mol. The van der Waals surface area contributed by atoms with Crippen molar-refractivity contribution in [3.05, 3.63) is 46.9 Å². The monoisotopic (exact) mass is 278 g/mol. The van der Waals surface area contributed by atoms with Crippen LogP contribution in [0.2, 0.25) is 5.02 Å². The molecule has 0 bridgehead atoms. The molecule has 0 aliphatic rings. The SMILES string of the molecule is Cc1ccc(Nc2cnc(C(N)=S)cn2)cc1Cl. The number of nitrogens with zero attached hydrogens (tertiary/aromatic N) is 2. The van der Waals surface area contributed by atoms with Gasteiger partial charge >= 0.3 is 0 Å². The largest absolute Gasteiger partial charge is 0.388 e. The molecule has 6 heteroatoms. The topological polar surface area (TPSA) is 63.8 Å². The van der Waals surface area contributed by atoms with Crippen LogP contribution < -0.4 is 11.1 Å². The van der Waals surface area contributed by atoms with E-state index in [9.17, 15) is 0 Å². The maximum absolute atomic E-state index is 6.04. The van der Waals surface area contributed by atoms with Crippen LogP contribution in [0.1, 0.15) is 11.3 Å². The minimum Gasteiger partial charge on any atom is -0.388 e. The van der Waals surface area contributed by atoms with Gasteiger partial charge in [-0.25, -0.2) is 9.97 Å². The maximum atomic E-state index is 6.04. The van der Waals surface area contributed by atoms with E-state index in [2.05, 4.69) is 15.3 Å². The minimum absolute atomic E-state index is 0.229. The number of aryl methyl sites for hydroxylation is 1. The first-order chi connectivity index (χ1) is 8.56. The van der Waals surface area contributed by atoms with Gasteiger partial charge in [-0.15, -0.1) is 0 Å². The maximum Gasteiger partial charge on any atom is 0.148 e. The summed E-state index contributed by atoms with van der Waals surface area (Å²) < 4.78 is 0. The third-order valence-electron chi connectivity index (χ3n) is 2.35. The highest BCUT2D eigenvalue weighted by Crippen LogP contribution is 2.22. The van der Waals surface area contributed by atoms with Crippen LogP contribution in [-0.4, -0.2) is 15.0 Å². The molecule has 1 heterocycles. The van der Waals surface area contributed by atoms with Gasteiger partial charge in [-0.2, -0.15) is 0 Å². The molecule has 2 rings (SSSR count). The Labute approximate surface area is 115 Å². The highest BCUT2D eigenvalue weighted by atomic mass is 35.5. The first-order valence-corrected chi connectivity index (χ1v) is 6.00. The quantitative estimate of drug-likeness (QED) is 0.845. The third-order valence-corrected chi connectivity index (χ3v) is 2.96. The zero-order chi connectivity index (χ0) is 13.1. The molecule has 0 aliphatic carbocycles. The summed E-state index contributed by atoms with van der Waals surface area (Å²) in [5.41, 5.74) is 7.82. The molecule has 1 aromatic heterocycles. The Balaban J connectivity index is 2.18. The number of hydrogen-bond acceptors (Lipinski definition) is 4. The van der Waals surface area contributed by atoms with Crippen molar-refractivity contribution in [2.45, 2.75) is 6.92 Å². The number of thiocarbonyl (C=S) groups is 1. The van der Waals surface area contributed by atoms with Gasteiger partial charge in [0.25, 0.3) is 0 Å². The van der Waals surface area contributed by atoms with E-state index in [1.807, 2.05) is 25.1 Å². The number of nitrogens with one attached hydrogen (secondary N) is 1. The number of halogens is 1. The lowest BCUT2D eigenvalue weighted by molar-refractivity contribution is 1.18. The lowest BCUT2D eigenvalue weighted by Gasteiger charge is -2.07. The second-order valence-electron chi connectivity index (χ2n) is 3.74. The van der Waals surface area contributed by atoms with Gasteiger partial charge in [0.05, 0.1) is 12.4 Å². The zero-order valence-electron chi connectivity index (χ0n) is 9.64. The van der Waals surface area contributed by atoms with Crippen LogP contribution in [0.15, 0.2) is 30.6 Å². The Kier molecular flexibility index (Phi) is 3.74. The Hall–Kier alpha value is -1.72. The number of rotatable bonds is 3. The highest BCUT2D eigenvalue weighted by Gasteiger charge is 2.02. The van der Waals surface area contributed by atoms with Gasteiger partial charge in [0, 0.05) is 10.7 Å². The summed E-state index contributed by atoms with van der Waals surface area (Å²) in [5.74, 6) is 0.606. The molecule has 0 aliphatic heterocycles. The van der Waals surface area contributed by atoms with E-state index in [0.29, 0.717) is 16.5 Å². The molecule has 0 spiro atoms. The summed E-state index contributed by atoms with van der Waals surface area (Å²) in [7, 11) is 0. The summed E-state index contributed by atoms with van der Waals surface area (Å²) in [6.45, 7) is 1.95. The summed E-state index contributed by atoms with van der Waals surface area (Å²) in [6, 6.07) is 5.69. The Bertz CT molecular complexity index is 583. The van der Waals surface area contributed by atoms with Crippen LogP contribution in [0, 0.1) is 6.92 Å². The van der Waals surface area contributed by atoms with E-state index >= 15 is 0 Å². The third kappa shape index (κ3) is 2.94. The van der Waals surface area contributed by atoms with Crippen molar-refractivity contribution in [1.29, 1.82) is 0 Å². The van der Waals surface area contributed by atoms with Crippen molar-refractivity contribution < 1.29 is 0 Å². The number of anilines is 2. The lowest BCUT2D eigenvalue weighted by Crippen LogP contribution is -2.12. The van der Waals surface area contributed by atoms with Crippen molar-refractivity contribution in [3.63, 3.8) is 0 Å². The predicted molar refractivity (Wildman–Crippen MR) is 77.4 cm³/mol. The number of benzene rings is 1. The summed E-state index contributed by atoms with van der Waals surface area (Å²) in [6.07, 6.45) is 3.10. The normalized spacial score (nSPS) is 10.1. The molecule has 0 unspecified atom stereocenters. The van der Waals surface area contributed by atoms with Gasteiger partial charge in [0.15, 0.2) is 0 Å². The van der Waals surface area contributed by atoms with E-state index in [4.69, 9.17) is 29.6 Å². The fourth-order valence-electron chi connectivity index (χ4n) is 1.34. The van der Waals surface area contributed by atoms with Gasteiger partial charge in [0.1, 0.15) is 16.5 Å². The fraction of sp³-hybridized carbons (Fsp3) is 0.0833. The molecule has 0 radical (unpaired) electrons. The van der Waals surface area contributed by atoms with Gasteiger partial charge in [0.2, 0.25) is 0 Å². The first kappa shape index (κ1) is 12.7. The fourth-order valence-corrected chi connectivity index (χ4v) is 1.62. The van der Waals surface area contributed by atoms with Crippen LogP contribution in [-0.2, 0) is 0 Å². The first-order valence-electron chi connectivity index (χ1n) is 5.21. The van der Waals surface area contributed by atoms with Crippen molar-refractivity contribution >= 4 is 40.3 Å². The zero-order valence-corrected chi connectivity index (χ0v) is 11.2. The standard InChI is InChI=1S/C12H11ClN4S/c1-7-2-3-8(4-9(7)13)17-11-6-15-10(5-16-11)12(14)18/h2-6H,1H3,(H2,14,18)(H,16,17). The van der Waals surface area contributed by atoms with E-state index in [0.717, 1.165) is 11.3 Å². The van der Waals surface area contributed by atoms with Crippen LogP contribution >= 0.6 is 23.8 Å². The molecule has 3 N–H and O–H groups in total. The number of nitrogens with two attached hydrogens (primary N) is 1. The van der Waals surface area contributed by atoms with E-state index < -0.39 is 0 Å². The molecule has 0 atom stereocenters. The Morgan fingerprint density at radius 3 is 2.67 bits per heavy atom. The van der Waals surface area contributed by atoms with Crippen molar-refractivity contribution in [2.24, 2.45) is 5.73 Å². The summed E-state index contributed by atoms with van der Waals surface area (Å²) in [5, 5.41) is 3.80. The predicted octanol–water partition coefficient (Wildman–Crippen LogP) is 2.82. The van der Waals surface area contributed by atoms with E-state index in [-0.39, 0.29) is 4.99 Å². The molecule has 2 aromatic rings. The molecule has 4 nitrogen and oxygen atoms in total. The number of hydrogen-bond donors (Lipinski definition) is 2. The molecular formula is C12H11ClN4S. The van der Waals surface area contributed by atoms with Crippen molar-refractivity contribution in [1.82, 2.24) is 9.97 Å². The van der Waals surface area contributed by atoms with Gasteiger partial charge in [-0.1, -0.05) is 29.9 Å². The van der Waals surface area contributed by atoms with Crippen LogP contribution in [0.5, 0.6) is 0 Å². The average molecular weight is 279 g/mol. The smallest absolute Gasteiger partial charge is 0.148 e. The number of aromatic nitrogens is 2. The van der Waals surface area contributed by atoms with Gasteiger partial charge < -0.3 is 11.1 Å². The molecule has 1 aromatic carbocycles. The molecule has 0 fully saturated rings. The Morgan fingerprint density at radius 2 is 2.11 bits per heavy atom. The molecule has 92 valence electrons. The van der Waals surface area contributed by atoms with Crippen molar-refractivity contribution in [2.75, 3.05) is 5.32 Å². The molecule has 0 saturated heterocycles. The molecule has 0 saturated carbocycles.